The minimum absolute atomic E-state index is 0.0132. The fourth-order valence-electron chi connectivity index (χ4n) is 2.33. The Hall–Kier alpha value is -1.75. The van der Waals surface area contributed by atoms with Gasteiger partial charge >= 0.3 is 0 Å². The molecule has 0 aliphatic carbocycles. The molecular formula is C14H12BrN3O. The van der Waals surface area contributed by atoms with Crippen molar-refractivity contribution >= 4 is 38.5 Å². The molecule has 0 radical (unpaired) electrons. The molecule has 3 rings (SSSR count). The first-order valence-corrected chi connectivity index (χ1v) is 6.79. The maximum Gasteiger partial charge on any atom is 0.193 e. The van der Waals surface area contributed by atoms with Crippen LogP contribution in [-0.2, 0) is 0 Å². The Kier molecular flexibility index (Phi) is 2.86. The molecule has 0 saturated heterocycles. The maximum absolute atomic E-state index is 12.6. The first-order valence-electron chi connectivity index (χ1n) is 5.99. The van der Waals surface area contributed by atoms with Gasteiger partial charge in [-0.25, -0.2) is 4.98 Å². The number of nitrogens with zero attached hydrogens (tertiary/aromatic N) is 2. The first-order chi connectivity index (χ1) is 9.06. The minimum atomic E-state index is -0.0717. The topological polar surface area (TPSA) is 58.1 Å². The Morgan fingerprint density at radius 1 is 1.47 bits per heavy atom. The van der Waals surface area contributed by atoms with Crippen molar-refractivity contribution in [3.05, 3.63) is 40.1 Å². The van der Waals surface area contributed by atoms with Crippen LogP contribution in [0.15, 0.2) is 39.6 Å². The molecule has 0 bridgehead atoms. The molecule has 96 valence electrons. The molecule has 0 saturated carbocycles. The summed E-state index contributed by atoms with van der Waals surface area (Å²) in [4.78, 5) is 24.2. The van der Waals surface area contributed by atoms with Crippen LogP contribution in [-0.4, -0.2) is 27.5 Å². The average Bonchev–Trinajstić information content (AvgIpc) is 2.91. The highest BCUT2D eigenvalue weighted by Gasteiger charge is 2.24. The molecule has 1 atom stereocenters. The van der Waals surface area contributed by atoms with Gasteiger partial charge < -0.3 is 4.98 Å². The van der Waals surface area contributed by atoms with E-state index < -0.39 is 0 Å². The van der Waals surface area contributed by atoms with Gasteiger partial charge in [-0.15, -0.1) is 0 Å². The summed E-state index contributed by atoms with van der Waals surface area (Å²) in [5, 5.41) is 0.831. The normalized spacial score (nSPS) is 18.6. The van der Waals surface area contributed by atoms with Gasteiger partial charge in [-0.1, -0.05) is 0 Å². The number of carbonyl (C=O) groups excluding carboxylic acids is 1. The van der Waals surface area contributed by atoms with E-state index in [2.05, 4.69) is 30.9 Å². The van der Waals surface area contributed by atoms with Gasteiger partial charge in [-0.05, 0) is 41.9 Å². The SMILES string of the molecule is CC1=NC(C)C(C(=O)c2c[nH]c3ncc(Br)cc23)=C1. The molecule has 1 unspecified atom stereocenters. The predicted molar refractivity (Wildman–Crippen MR) is 78.8 cm³/mol. The number of aromatic amines is 1. The molecule has 0 amide bonds. The van der Waals surface area contributed by atoms with Crippen molar-refractivity contribution in [2.45, 2.75) is 19.9 Å². The van der Waals surface area contributed by atoms with Crippen LogP contribution in [0.2, 0.25) is 0 Å². The van der Waals surface area contributed by atoms with Crippen molar-refractivity contribution in [1.29, 1.82) is 0 Å². The molecule has 0 spiro atoms. The van der Waals surface area contributed by atoms with Crippen molar-refractivity contribution in [2.75, 3.05) is 0 Å². The zero-order valence-electron chi connectivity index (χ0n) is 10.6. The van der Waals surface area contributed by atoms with Crippen molar-refractivity contribution < 1.29 is 4.79 Å². The van der Waals surface area contributed by atoms with Crippen LogP contribution in [0.4, 0.5) is 0 Å². The van der Waals surface area contributed by atoms with Gasteiger partial charge in [0, 0.05) is 39.1 Å². The summed E-state index contributed by atoms with van der Waals surface area (Å²) >= 11 is 3.38. The fourth-order valence-corrected chi connectivity index (χ4v) is 2.67. The minimum Gasteiger partial charge on any atom is -0.345 e. The van der Waals surface area contributed by atoms with E-state index in [1.54, 1.807) is 12.4 Å². The molecule has 2 aromatic heterocycles. The van der Waals surface area contributed by atoms with Crippen LogP contribution in [0, 0.1) is 0 Å². The number of rotatable bonds is 2. The average molecular weight is 318 g/mol. The molecule has 0 fully saturated rings. The lowest BCUT2D eigenvalue weighted by molar-refractivity contribution is 0.103. The van der Waals surface area contributed by atoms with Gasteiger partial charge in [-0.3, -0.25) is 9.79 Å². The van der Waals surface area contributed by atoms with Crippen molar-refractivity contribution in [3.8, 4) is 0 Å². The van der Waals surface area contributed by atoms with E-state index in [1.807, 2.05) is 26.0 Å². The van der Waals surface area contributed by atoms with E-state index in [0.29, 0.717) is 5.56 Å². The third kappa shape index (κ3) is 2.04. The van der Waals surface area contributed by atoms with Crippen molar-refractivity contribution in [1.82, 2.24) is 9.97 Å². The van der Waals surface area contributed by atoms with Gasteiger partial charge in [0.15, 0.2) is 5.78 Å². The quantitative estimate of drug-likeness (QED) is 0.864. The van der Waals surface area contributed by atoms with E-state index in [0.717, 1.165) is 26.8 Å². The summed E-state index contributed by atoms with van der Waals surface area (Å²) in [7, 11) is 0. The summed E-state index contributed by atoms with van der Waals surface area (Å²) in [6, 6.07) is 1.83. The van der Waals surface area contributed by atoms with Crippen LogP contribution < -0.4 is 0 Å². The smallest absolute Gasteiger partial charge is 0.193 e. The molecule has 4 nitrogen and oxygen atoms in total. The Bertz CT molecular complexity index is 742. The predicted octanol–water partition coefficient (Wildman–Crippen LogP) is 3.30. The van der Waals surface area contributed by atoms with Crippen LogP contribution in [0.1, 0.15) is 24.2 Å². The second-order valence-electron chi connectivity index (χ2n) is 4.63. The van der Waals surface area contributed by atoms with E-state index in [-0.39, 0.29) is 11.8 Å². The number of carbonyl (C=O) groups is 1. The van der Waals surface area contributed by atoms with Crippen LogP contribution in [0.3, 0.4) is 0 Å². The highest BCUT2D eigenvalue weighted by molar-refractivity contribution is 9.10. The Labute approximate surface area is 118 Å². The van der Waals surface area contributed by atoms with Gasteiger partial charge in [0.25, 0.3) is 0 Å². The zero-order chi connectivity index (χ0) is 13.6. The van der Waals surface area contributed by atoms with E-state index in [9.17, 15) is 4.79 Å². The number of ketones is 1. The molecule has 1 aliphatic rings. The largest absolute Gasteiger partial charge is 0.345 e. The summed E-state index contributed by atoms with van der Waals surface area (Å²) in [6.45, 7) is 3.84. The number of hydrogen-bond donors (Lipinski definition) is 1. The molecule has 2 aromatic rings. The Morgan fingerprint density at radius 3 is 2.95 bits per heavy atom. The number of hydrogen-bond acceptors (Lipinski definition) is 3. The standard InChI is InChI=1S/C14H12BrN3O/c1-7-3-10(8(2)18-7)13(19)12-6-17-14-11(12)4-9(15)5-16-14/h3-6,8H,1-2H3,(H,16,17). The van der Waals surface area contributed by atoms with Gasteiger partial charge in [0.05, 0.1) is 6.04 Å². The van der Waals surface area contributed by atoms with Gasteiger partial charge in [-0.2, -0.15) is 0 Å². The molecule has 3 heterocycles. The fraction of sp³-hybridized carbons (Fsp3) is 0.214. The van der Waals surface area contributed by atoms with Gasteiger partial charge in [0.1, 0.15) is 5.65 Å². The number of aromatic nitrogens is 2. The summed E-state index contributed by atoms with van der Waals surface area (Å²) in [5.74, 6) is 0.0132. The van der Waals surface area contributed by atoms with Crippen molar-refractivity contribution in [2.24, 2.45) is 4.99 Å². The maximum atomic E-state index is 12.6. The lowest BCUT2D eigenvalue weighted by atomic mass is 9.99. The number of halogens is 1. The Balaban J connectivity index is 2.08. The highest BCUT2D eigenvalue weighted by Crippen LogP contribution is 2.26. The third-order valence-electron chi connectivity index (χ3n) is 3.22. The van der Waals surface area contributed by atoms with E-state index >= 15 is 0 Å². The molecule has 5 heteroatoms. The number of Topliss-reactive ketones (excluding diaryl/α,β-unsaturated/α-hetero) is 1. The monoisotopic (exact) mass is 317 g/mol. The molecule has 1 aliphatic heterocycles. The molecular weight excluding hydrogens is 306 g/mol. The van der Waals surface area contributed by atoms with E-state index in [4.69, 9.17) is 0 Å². The highest BCUT2D eigenvalue weighted by atomic mass is 79.9. The van der Waals surface area contributed by atoms with Crippen molar-refractivity contribution in [3.63, 3.8) is 0 Å². The van der Waals surface area contributed by atoms with Crippen LogP contribution in [0.25, 0.3) is 11.0 Å². The summed E-state index contributed by atoms with van der Waals surface area (Å²) < 4.78 is 0.856. The molecule has 1 N–H and O–H groups in total. The first kappa shape index (κ1) is 12.3. The van der Waals surface area contributed by atoms with Crippen LogP contribution >= 0.6 is 15.9 Å². The number of H-pyrrole nitrogens is 1. The summed E-state index contributed by atoms with van der Waals surface area (Å²) in [5.41, 5.74) is 3.00. The second kappa shape index (κ2) is 4.42. The zero-order valence-corrected chi connectivity index (χ0v) is 12.2. The molecule has 0 aromatic carbocycles. The molecule has 19 heavy (non-hydrogen) atoms. The number of nitrogens with one attached hydrogen (secondary N) is 1. The third-order valence-corrected chi connectivity index (χ3v) is 3.65. The summed E-state index contributed by atoms with van der Waals surface area (Å²) in [6.07, 6.45) is 5.28. The van der Waals surface area contributed by atoms with E-state index in [1.165, 1.54) is 0 Å². The second-order valence-corrected chi connectivity index (χ2v) is 5.54. The lowest BCUT2D eigenvalue weighted by Crippen LogP contribution is -2.10. The van der Waals surface area contributed by atoms with Gasteiger partial charge in [0.2, 0.25) is 0 Å². The number of aliphatic imine (C=N–C) groups is 1. The van der Waals surface area contributed by atoms with Crippen LogP contribution in [0.5, 0.6) is 0 Å². The number of pyridine rings is 1. The Morgan fingerprint density at radius 2 is 2.26 bits per heavy atom. The number of fused-ring (bicyclic) bond motifs is 1. The number of allylic oxidation sites excluding steroid dienone is 1. The lowest BCUT2D eigenvalue weighted by Gasteiger charge is -2.05.